The Hall–Kier alpha value is -1.92. The van der Waals surface area contributed by atoms with E-state index < -0.39 is 53.6 Å². The number of thioether (sulfide) groups is 1. The predicted octanol–water partition coefficient (Wildman–Crippen LogP) is 0.697. The van der Waals surface area contributed by atoms with Crippen LogP contribution in [0.2, 0.25) is 0 Å². The molecule has 1 fully saturated rings. The number of ether oxygens (including phenoxy) is 5. The van der Waals surface area contributed by atoms with Crippen LogP contribution in [-0.4, -0.2) is 71.2 Å². The van der Waals surface area contributed by atoms with Crippen LogP contribution in [0.25, 0.3) is 0 Å². The lowest BCUT2D eigenvalue weighted by Gasteiger charge is -2.44. The van der Waals surface area contributed by atoms with E-state index in [0.29, 0.717) is 6.61 Å². The number of carbonyl (C=O) groups excluding carboxylic acids is 4. The predicted molar refractivity (Wildman–Crippen MR) is 106 cm³/mol. The SMILES string of the molecule is CCOC(=S)S[C@H]1O[C@H](COC(C)=O)[C@H](OC(C)=O)[C@@H](OC(C)=O)[C@H]1NC(C)=O. The summed E-state index contributed by atoms with van der Waals surface area (Å²) in [5, 5.41) is 2.65. The van der Waals surface area contributed by atoms with Gasteiger partial charge in [0.2, 0.25) is 10.3 Å². The average Bonchev–Trinajstić information content (AvgIpc) is 2.57. The molecule has 0 aromatic rings. The number of nitrogens with one attached hydrogen (secondary N) is 1. The van der Waals surface area contributed by atoms with E-state index in [0.717, 1.165) is 11.8 Å². The van der Waals surface area contributed by atoms with Crippen LogP contribution in [0, 0.1) is 0 Å². The van der Waals surface area contributed by atoms with Crippen molar-refractivity contribution in [3.05, 3.63) is 0 Å². The van der Waals surface area contributed by atoms with E-state index in [2.05, 4.69) is 5.32 Å². The largest absolute Gasteiger partial charge is 0.479 e. The molecule has 1 saturated heterocycles. The molecular weight excluding hydrogens is 426 g/mol. The molecule has 1 N–H and O–H groups in total. The molecule has 10 nitrogen and oxygen atoms in total. The number of carbonyl (C=O) groups is 4. The van der Waals surface area contributed by atoms with Gasteiger partial charge in [0.15, 0.2) is 12.2 Å². The van der Waals surface area contributed by atoms with Gasteiger partial charge in [-0.15, -0.1) is 0 Å². The van der Waals surface area contributed by atoms with Gasteiger partial charge in [-0.25, -0.2) is 0 Å². The van der Waals surface area contributed by atoms with E-state index in [-0.39, 0.29) is 11.0 Å². The van der Waals surface area contributed by atoms with Crippen molar-refractivity contribution < 1.29 is 42.9 Å². The van der Waals surface area contributed by atoms with Crippen LogP contribution in [-0.2, 0) is 42.9 Å². The molecule has 1 aliphatic rings. The van der Waals surface area contributed by atoms with Gasteiger partial charge in [0.05, 0.1) is 6.61 Å². The Balaban J connectivity index is 3.29. The van der Waals surface area contributed by atoms with Crippen LogP contribution < -0.4 is 5.32 Å². The third kappa shape index (κ3) is 8.54. The Bertz CT molecular complexity index is 642. The maximum atomic E-state index is 11.8. The van der Waals surface area contributed by atoms with Gasteiger partial charge in [-0.1, -0.05) is 0 Å². The number of esters is 3. The molecule has 1 amide bonds. The summed E-state index contributed by atoms with van der Waals surface area (Å²) in [5.41, 5.74) is -0.866. The zero-order valence-corrected chi connectivity index (χ0v) is 18.4. The summed E-state index contributed by atoms with van der Waals surface area (Å²) < 4.78 is 27.0. The second-order valence-corrected chi connectivity index (χ2v) is 7.72. The van der Waals surface area contributed by atoms with Crippen LogP contribution in [0.15, 0.2) is 0 Å². The lowest BCUT2D eigenvalue weighted by Crippen LogP contribution is -2.65. The second-order valence-electron chi connectivity index (χ2n) is 6.02. The minimum Gasteiger partial charge on any atom is -0.479 e. The first-order chi connectivity index (χ1) is 13.5. The molecule has 1 aliphatic heterocycles. The molecule has 12 heteroatoms. The lowest BCUT2D eigenvalue weighted by molar-refractivity contribution is -0.211. The van der Waals surface area contributed by atoms with Crippen LogP contribution in [0.3, 0.4) is 0 Å². The molecule has 0 aromatic carbocycles. The van der Waals surface area contributed by atoms with Gasteiger partial charge in [0.25, 0.3) is 0 Å². The fourth-order valence-electron chi connectivity index (χ4n) is 2.64. The summed E-state index contributed by atoms with van der Waals surface area (Å²) in [6, 6.07) is -0.919. The minimum absolute atomic E-state index is 0.145. The number of thiocarbonyl (C=S) groups is 1. The summed E-state index contributed by atoms with van der Waals surface area (Å²) in [7, 11) is 0. The molecule has 29 heavy (non-hydrogen) atoms. The van der Waals surface area contributed by atoms with Crippen molar-refractivity contribution >= 4 is 52.2 Å². The Morgan fingerprint density at radius 1 is 0.966 bits per heavy atom. The molecule has 1 rings (SSSR count). The van der Waals surface area contributed by atoms with Gasteiger partial charge in [0, 0.05) is 27.7 Å². The molecule has 0 unspecified atom stereocenters. The number of hydrogen-bond acceptors (Lipinski definition) is 11. The van der Waals surface area contributed by atoms with E-state index in [4.69, 9.17) is 35.9 Å². The third-order valence-corrected chi connectivity index (χ3v) is 4.90. The molecule has 0 spiro atoms. The number of hydrogen-bond donors (Lipinski definition) is 1. The van der Waals surface area contributed by atoms with Crippen molar-refractivity contribution in [3.8, 4) is 0 Å². The highest BCUT2D eigenvalue weighted by Crippen LogP contribution is 2.33. The standard InChI is InChI=1S/C17H25NO9S2/c1-6-23-17(28)29-16-13(18-8(2)19)15(26-11(5)22)14(25-10(4)21)12(27-16)7-24-9(3)20/h12-16H,6-7H2,1-5H3,(H,18,19)/t12-,13-,14+,15+,16-/m1/s1. The Morgan fingerprint density at radius 2 is 1.55 bits per heavy atom. The number of amides is 1. The highest BCUT2D eigenvalue weighted by Gasteiger charge is 2.51. The Morgan fingerprint density at radius 3 is 2.03 bits per heavy atom. The topological polar surface area (TPSA) is 126 Å². The smallest absolute Gasteiger partial charge is 0.303 e. The highest BCUT2D eigenvalue weighted by atomic mass is 32.2. The van der Waals surface area contributed by atoms with Gasteiger partial charge in [-0.05, 0) is 30.9 Å². The maximum absolute atomic E-state index is 11.8. The Labute approximate surface area is 178 Å². The first-order valence-corrected chi connectivity index (χ1v) is 10.1. The fourth-order valence-corrected chi connectivity index (χ4v) is 3.98. The van der Waals surface area contributed by atoms with E-state index in [1.54, 1.807) is 6.92 Å². The molecule has 0 saturated carbocycles. The Kier molecular flexibility index (Phi) is 10.3. The molecule has 5 atom stereocenters. The van der Waals surface area contributed by atoms with E-state index in [9.17, 15) is 19.2 Å². The van der Waals surface area contributed by atoms with E-state index in [1.165, 1.54) is 27.7 Å². The maximum Gasteiger partial charge on any atom is 0.303 e. The molecule has 0 bridgehead atoms. The summed E-state index contributed by atoms with van der Waals surface area (Å²) >= 11 is 6.13. The first kappa shape index (κ1) is 25.1. The normalized spacial score (nSPS) is 26.0. The van der Waals surface area contributed by atoms with Crippen LogP contribution >= 0.6 is 24.0 Å². The summed E-state index contributed by atoms with van der Waals surface area (Å²) in [5.74, 6) is -2.33. The van der Waals surface area contributed by atoms with Crippen LogP contribution in [0.1, 0.15) is 34.6 Å². The van der Waals surface area contributed by atoms with E-state index in [1.807, 2.05) is 0 Å². The van der Waals surface area contributed by atoms with E-state index >= 15 is 0 Å². The summed E-state index contributed by atoms with van der Waals surface area (Å²) in [6.45, 7) is 6.65. The van der Waals surface area contributed by atoms with Crippen molar-refractivity contribution in [2.24, 2.45) is 0 Å². The zero-order chi connectivity index (χ0) is 22.1. The molecular formula is C17H25NO9S2. The number of rotatable bonds is 7. The van der Waals surface area contributed by atoms with Crippen molar-refractivity contribution in [3.63, 3.8) is 0 Å². The molecule has 0 radical (unpaired) electrons. The zero-order valence-electron chi connectivity index (χ0n) is 16.8. The first-order valence-electron chi connectivity index (χ1n) is 8.78. The molecule has 0 aliphatic carbocycles. The molecule has 164 valence electrons. The fraction of sp³-hybridized carbons (Fsp3) is 0.706. The van der Waals surface area contributed by atoms with Crippen LogP contribution in [0.5, 0.6) is 0 Å². The minimum atomic E-state index is -1.13. The van der Waals surface area contributed by atoms with Crippen molar-refractivity contribution in [2.45, 2.75) is 64.4 Å². The average molecular weight is 452 g/mol. The quantitative estimate of drug-likeness (QED) is 0.334. The van der Waals surface area contributed by atoms with Gasteiger partial charge >= 0.3 is 17.9 Å². The van der Waals surface area contributed by atoms with Crippen molar-refractivity contribution in [2.75, 3.05) is 13.2 Å². The molecule has 0 aromatic heterocycles. The summed E-state index contributed by atoms with van der Waals surface area (Å²) in [4.78, 5) is 46.4. The third-order valence-electron chi connectivity index (χ3n) is 3.55. The van der Waals surface area contributed by atoms with Gasteiger partial charge < -0.3 is 29.0 Å². The second kappa shape index (κ2) is 11.9. The van der Waals surface area contributed by atoms with Gasteiger partial charge in [-0.3, -0.25) is 19.2 Å². The van der Waals surface area contributed by atoms with Crippen molar-refractivity contribution in [1.82, 2.24) is 5.32 Å². The van der Waals surface area contributed by atoms with Gasteiger partial charge in [-0.2, -0.15) is 0 Å². The highest BCUT2D eigenvalue weighted by molar-refractivity contribution is 8.22. The monoisotopic (exact) mass is 451 g/mol. The van der Waals surface area contributed by atoms with Crippen molar-refractivity contribution in [1.29, 1.82) is 0 Å². The summed E-state index contributed by atoms with van der Waals surface area (Å²) in [6.07, 6.45) is -3.22. The van der Waals surface area contributed by atoms with Gasteiger partial charge in [0.1, 0.15) is 24.2 Å². The lowest BCUT2D eigenvalue weighted by atomic mass is 9.97. The van der Waals surface area contributed by atoms with Crippen LogP contribution in [0.4, 0.5) is 0 Å². The molecule has 1 heterocycles.